The maximum Gasteiger partial charge on any atom is 0.224 e. The Morgan fingerprint density at radius 1 is 1.40 bits per heavy atom. The van der Waals surface area contributed by atoms with Gasteiger partial charge in [-0.15, -0.1) is 11.6 Å². The van der Waals surface area contributed by atoms with Crippen molar-refractivity contribution in [3.05, 3.63) is 23.8 Å². The standard InChI is InChI=1S/C16H24ClNO2/c1-4-6-7-16(19)18-14-9-8-13(10-12(3)17)11-15(14)20-5-2/h8-9,11-12H,4-7,10H2,1-3H3,(H,18,19). The van der Waals surface area contributed by atoms with Crippen LogP contribution in [0.5, 0.6) is 5.75 Å². The number of ether oxygens (including phenoxy) is 1. The fourth-order valence-corrected chi connectivity index (χ4v) is 2.12. The summed E-state index contributed by atoms with van der Waals surface area (Å²) in [6.45, 7) is 6.53. The third kappa shape index (κ3) is 5.83. The summed E-state index contributed by atoms with van der Waals surface area (Å²) in [5.41, 5.74) is 1.85. The van der Waals surface area contributed by atoms with Crippen molar-refractivity contribution in [3.8, 4) is 5.75 Å². The topological polar surface area (TPSA) is 38.3 Å². The van der Waals surface area contributed by atoms with Gasteiger partial charge in [0.15, 0.2) is 0 Å². The number of hydrogen-bond acceptors (Lipinski definition) is 2. The molecule has 0 aliphatic rings. The van der Waals surface area contributed by atoms with Crippen LogP contribution >= 0.6 is 11.6 Å². The molecule has 0 aliphatic carbocycles. The Morgan fingerprint density at radius 2 is 2.15 bits per heavy atom. The van der Waals surface area contributed by atoms with Crippen molar-refractivity contribution in [2.75, 3.05) is 11.9 Å². The van der Waals surface area contributed by atoms with E-state index in [-0.39, 0.29) is 11.3 Å². The molecule has 1 rings (SSSR count). The van der Waals surface area contributed by atoms with E-state index in [0.717, 1.165) is 30.5 Å². The van der Waals surface area contributed by atoms with Crippen molar-refractivity contribution >= 4 is 23.2 Å². The number of unbranched alkanes of at least 4 members (excludes halogenated alkanes) is 1. The molecule has 112 valence electrons. The largest absolute Gasteiger partial charge is 0.492 e. The van der Waals surface area contributed by atoms with Crippen molar-refractivity contribution in [2.24, 2.45) is 0 Å². The lowest BCUT2D eigenvalue weighted by molar-refractivity contribution is -0.116. The molecule has 0 radical (unpaired) electrons. The Hall–Kier alpha value is -1.22. The van der Waals surface area contributed by atoms with Crippen LogP contribution in [0.25, 0.3) is 0 Å². The first-order valence-electron chi connectivity index (χ1n) is 7.26. The summed E-state index contributed by atoms with van der Waals surface area (Å²) in [4.78, 5) is 11.8. The van der Waals surface area contributed by atoms with E-state index in [9.17, 15) is 4.79 Å². The molecule has 0 fully saturated rings. The van der Waals surface area contributed by atoms with E-state index in [1.54, 1.807) is 0 Å². The number of halogens is 1. The maximum absolute atomic E-state index is 11.8. The Kier molecular flexibility index (Phi) is 7.45. The zero-order valence-electron chi connectivity index (χ0n) is 12.5. The highest BCUT2D eigenvalue weighted by Gasteiger charge is 2.09. The summed E-state index contributed by atoms with van der Waals surface area (Å²) in [5.74, 6) is 0.749. The van der Waals surface area contributed by atoms with E-state index >= 15 is 0 Å². The summed E-state index contributed by atoms with van der Waals surface area (Å²) < 4.78 is 5.61. The van der Waals surface area contributed by atoms with Crippen molar-refractivity contribution in [3.63, 3.8) is 0 Å². The Morgan fingerprint density at radius 3 is 2.75 bits per heavy atom. The quantitative estimate of drug-likeness (QED) is 0.723. The average molecular weight is 298 g/mol. The molecule has 0 aromatic heterocycles. The average Bonchev–Trinajstić information content (AvgIpc) is 2.39. The maximum atomic E-state index is 11.8. The van der Waals surface area contributed by atoms with Crippen LogP contribution in [-0.2, 0) is 11.2 Å². The predicted octanol–water partition coefficient (Wildman–Crippen LogP) is 4.38. The second-order valence-corrected chi connectivity index (χ2v) is 5.65. The lowest BCUT2D eigenvalue weighted by Crippen LogP contribution is -2.12. The molecule has 20 heavy (non-hydrogen) atoms. The first-order valence-corrected chi connectivity index (χ1v) is 7.70. The molecule has 1 N–H and O–H groups in total. The second-order valence-electron chi connectivity index (χ2n) is 4.90. The molecule has 4 heteroatoms. The summed E-state index contributed by atoms with van der Waals surface area (Å²) in [6, 6.07) is 5.83. The number of carbonyl (C=O) groups is 1. The molecule has 0 heterocycles. The Balaban J connectivity index is 2.80. The molecule has 1 aromatic rings. The van der Waals surface area contributed by atoms with Crippen LogP contribution in [0.4, 0.5) is 5.69 Å². The third-order valence-corrected chi connectivity index (χ3v) is 3.05. The molecule has 1 aromatic carbocycles. The molecule has 0 spiro atoms. The SMILES string of the molecule is CCCCC(=O)Nc1ccc(CC(C)Cl)cc1OCC. The van der Waals surface area contributed by atoms with Gasteiger partial charge in [0.1, 0.15) is 5.75 Å². The number of benzene rings is 1. The number of nitrogens with one attached hydrogen (secondary N) is 1. The van der Waals surface area contributed by atoms with E-state index in [1.165, 1.54) is 0 Å². The normalized spacial score (nSPS) is 12.0. The van der Waals surface area contributed by atoms with Crippen LogP contribution < -0.4 is 10.1 Å². The van der Waals surface area contributed by atoms with Gasteiger partial charge in [0.25, 0.3) is 0 Å². The summed E-state index contributed by atoms with van der Waals surface area (Å²) in [6.07, 6.45) is 3.24. The number of carbonyl (C=O) groups excluding carboxylic acids is 1. The highest BCUT2D eigenvalue weighted by Crippen LogP contribution is 2.27. The molecule has 0 saturated heterocycles. The predicted molar refractivity (Wildman–Crippen MR) is 84.8 cm³/mol. The second kappa shape index (κ2) is 8.85. The van der Waals surface area contributed by atoms with Gasteiger partial charge in [-0.05, 0) is 44.4 Å². The fourth-order valence-electron chi connectivity index (χ4n) is 1.95. The van der Waals surface area contributed by atoms with E-state index in [0.29, 0.717) is 18.8 Å². The number of hydrogen-bond donors (Lipinski definition) is 1. The van der Waals surface area contributed by atoms with Gasteiger partial charge in [0.2, 0.25) is 5.91 Å². The number of anilines is 1. The Bertz CT molecular complexity index is 432. The molecule has 0 aliphatic heterocycles. The van der Waals surface area contributed by atoms with Gasteiger partial charge in [0.05, 0.1) is 12.3 Å². The molecule has 0 saturated carbocycles. The van der Waals surface area contributed by atoms with Crippen LogP contribution in [-0.4, -0.2) is 17.9 Å². The lowest BCUT2D eigenvalue weighted by atomic mass is 10.1. The van der Waals surface area contributed by atoms with Crippen LogP contribution in [0.1, 0.15) is 45.6 Å². The van der Waals surface area contributed by atoms with E-state index in [2.05, 4.69) is 12.2 Å². The minimum absolute atomic E-state index is 0.0336. The van der Waals surface area contributed by atoms with Gasteiger partial charge in [-0.25, -0.2) is 0 Å². The van der Waals surface area contributed by atoms with Crippen molar-refractivity contribution in [1.29, 1.82) is 0 Å². The van der Waals surface area contributed by atoms with Crippen molar-refractivity contribution in [1.82, 2.24) is 0 Å². The lowest BCUT2D eigenvalue weighted by Gasteiger charge is -2.13. The molecule has 0 bridgehead atoms. The molecular weight excluding hydrogens is 274 g/mol. The minimum Gasteiger partial charge on any atom is -0.492 e. The molecule has 1 amide bonds. The number of amides is 1. The smallest absolute Gasteiger partial charge is 0.224 e. The number of alkyl halides is 1. The summed E-state index contributed by atoms with van der Waals surface area (Å²) in [5, 5.41) is 2.99. The minimum atomic E-state index is 0.0336. The number of rotatable bonds is 8. The van der Waals surface area contributed by atoms with Crippen LogP contribution in [0.15, 0.2) is 18.2 Å². The molecule has 1 atom stereocenters. The van der Waals surface area contributed by atoms with E-state index < -0.39 is 0 Å². The first kappa shape index (κ1) is 16.8. The zero-order chi connectivity index (χ0) is 15.0. The van der Waals surface area contributed by atoms with E-state index in [1.807, 2.05) is 32.0 Å². The van der Waals surface area contributed by atoms with Crippen LogP contribution in [0.3, 0.4) is 0 Å². The molecule has 3 nitrogen and oxygen atoms in total. The molecule has 1 unspecified atom stereocenters. The van der Waals surface area contributed by atoms with Crippen LogP contribution in [0.2, 0.25) is 0 Å². The van der Waals surface area contributed by atoms with Gasteiger partial charge >= 0.3 is 0 Å². The van der Waals surface area contributed by atoms with Gasteiger partial charge in [-0.3, -0.25) is 4.79 Å². The highest BCUT2D eigenvalue weighted by atomic mass is 35.5. The van der Waals surface area contributed by atoms with Crippen molar-refractivity contribution < 1.29 is 9.53 Å². The van der Waals surface area contributed by atoms with Crippen LogP contribution in [0, 0.1) is 0 Å². The van der Waals surface area contributed by atoms with E-state index in [4.69, 9.17) is 16.3 Å². The fraction of sp³-hybridized carbons (Fsp3) is 0.562. The zero-order valence-corrected chi connectivity index (χ0v) is 13.3. The monoisotopic (exact) mass is 297 g/mol. The van der Waals surface area contributed by atoms with Gasteiger partial charge < -0.3 is 10.1 Å². The Labute approximate surface area is 126 Å². The summed E-state index contributed by atoms with van der Waals surface area (Å²) >= 11 is 6.01. The van der Waals surface area contributed by atoms with Gasteiger partial charge in [-0.2, -0.15) is 0 Å². The highest BCUT2D eigenvalue weighted by molar-refractivity contribution is 6.20. The third-order valence-electron chi connectivity index (χ3n) is 2.89. The van der Waals surface area contributed by atoms with Gasteiger partial charge in [-0.1, -0.05) is 19.4 Å². The van der Waals surface area contributed by atoms with Crippen molar-refractivity contribution in [2.45, 2.75) is 51.8 Å². The van der Waals surface area contributed by atoms with Gasteiger partial charge in [0, 0.05) is 11.8 Å². The molecular formula is C16H24ClNO2. The first-order chi connectivity index (χ1) is 9.56. The summed E-state index contributed by atoms with van der Waals surface area (Å²) in [7, 11) is 0.